The summed E-state index contributed by atoms with van der Waals surface area (Å²) < 4.78 is 5.62. The van der Waals surface area contributed by atoms with Crippen molar-refractivity contribution in [3.8, 4) is 5.75 Å². The molecule has 0 radical (unpaired) electrons. The zero-order chi connectivity index (χ0) is 10.8. The summed E-state index contributed by atoms with van der Waals surface area (Å²) in [5.41, 5.74) is 4.97. The third kappa shape index (κ3) is 1.84. The van der Waals surface area contributed by atoms with E-state index in [0.29, 0.717) is 6.61 Å². The van der Waals surface area contributed by atoms with Gasteiger partial charge in [-0.05, 0) is 44.1 Å². The van der Waals surface area contributed by atoms with E-state index >= 15 is 0 Å². The summed E-state index contributed by atoms with van der Waals surface area (Å²) in [7, 11) is 0. The van der Waals surface area contributed by atoms with Gasteiger partial charge in [0.05, 0.1) is 0 Å². The molecule has 0 amide bonds. The minimum Gasteiger partial charge on any atom is -0.489 e. The first-order valence-electron chi connectivity index (χ1n) is 5.41. The molecule has 2 rings (SSSR count). The predicted molar refractivity (Wildman–Crippen MR) is 64.5 cm³/mol. The third-order valence-corrected chi connectivity index (χ3v) is 2.75. The van der Waals surface area contributed by atoms with Crippen molar-refractivity contribution >= 4 is 11.3 Å². The van der Waals surface area contributed by atoms with Crippen molar-refractivity contribution in [2.75, 3.05) is 18.5 Å². The van der Waals surface area contributed by atoms with Gasteiger partial charge < -0.3 is 10.1 Å². The van der Waals surface area contributed by atoms with E-state index < -0.39 is 0 Å². The molecule has 1 aromatic rings. The maximum absolute atomic E-state index is 5.62. The summed E-state index contributed by atoms with van der Waals surface area (Å²) in [5.74, 6) is 0.997. The molecule has 1 aromatic carbocycles. The van der Waals surface area contributed by atoms with Crippen LogP contribution in [0.4, 0.5) is 5.69 Å². The molecule has 0 fully saturated rings. The van der Waals surface area contributed by atoms with E-state index in [4.69, 9.17) is 4.74 Å². The molecule has 1 heterocycles. The van der Waals surface area contributed by atoms with Crippen LogP contribution in [0.1, 0.15) is 25.0 Å². The lowest BCUT2D eigenvalue weighted by molar-refractivity contribution is 0.357. The van der Waals surface area contributed by atoms with Crippen LogP contribution >= 0.6 is 0 Å². The zero-order valence-corrected chi connectivity index (χ0v) is 9.55. The van der Waals surface area contributed by atoms with Crippen molar-refractivity contribution in [2.24, 2.45) is 0 Å². The minimum atomic E-state index is 0.688. The fraction of sp³-hybridized carbons (Fsp3) is 0.385. The van der Waals surface area contributed by atoms with E-state index in [1.54, 1.807) is 0 Å². The van der Waals surface area contributed by atoms with Gasteiger partial charge in [0.1, 0.15) is 12.4 Å². The summed E-state index contributed by atoms with van der Waals surface area (Å²) in [4.78, 5) is 0. The molecular formula is C13H17NO. The normalized spacial score (nSPS) is 13.9. The second-order valence-corrected chi connectivity index (χ2v) is 3.89. The van der Waals surface area contributed by atoms with Crippen LogP contribution in [0.5, 0.6) is 5.75 Å². The Labute approximate surface area is 91.0 Å². The van der Waals surface area contributed by atoms with Gasteiger partial charge in [0.25, 0.3) is 0 Å². The van der Waals surface area contributed by atoms with Gasteiger partial charge in [0.15, 0.2) is 0 Å². The van der Waals surface area contributed by atoms with Crippen molar-refractivity contribution in [1.82, 2.24) is 0 Å². The van der Waals surface area contributed by atoms with Crippen LogP contribution in [0.2, 0.25) is 0 Å². The Morgan fingerprint density at radius 2 is 2.13 bits per heavy atom. The van der Waals surface area contributed by atoms with Crippen molar-refractivity contribution < 1.29 is 4.74 Å². The molecule has 0 aliphatic carbocycles. The molecule has 0 saturated heterocycles. The van der Waals surface area contributed by atoms with Gasteiger partial charge in [-0.1, -0.05) is 0 Å². The molecule has 1 N–H and O–H groups in total. The van der Waals surface area contributed by atoms with E-state index in [0.717, 1.165) is 12.3 Å². The molecule has 0 bridgehead atoms. The fourth-order valence-corrected chi connectivity index (χ4v) is 1.86. The van der Waals surface area contributed by atoms with E-state index in [2.05, 4.69) is 44.3 Å². The van der Waals surface area contributed by atoms with Crippen LogP contribution in [0.15, 0.2) is 18.2 Å². The molecule has 1 aliphatic heterocycles. The van der Waals surface area contributed by atoms with Gasteiger partial charge in [0.2, 0.25) is 0 Å². The number of nitrogens with one attached hydrogen (secondary N) is 1. The highest BCUT2D eigenvalue weighted by Gasteiger charge is 2.12. The second-order valence-electron chi connectivity index (χ2n) is 3.89. The summed E-state index contributed by atoms with van der Waals surface area (Å²) >= 11 is 0. The van der Waals surface area contributed by atoms with Gasteiger partial charge in [-0.25, -0.2) is 0 Å². The van der Waals surface area contributed by atoms with Crippen LogP contribution in [0.3, 0.4) is 0 Å². The summed E-state index contributed by atoms with van der Waals surface area (Å²) in [6.45, 7) is 7.99. The largest absolute Gasteiger partial charge is 0.489 e. The van der Waals surface area contributed by atoms with E-state index in [9.17, 15) is 0 Å². The Bertz CT molecular complexity index is 407. The molecule has 0 spiro atoms. The Morgan fingerprint density at radius 1 is 1.33 bits per heavy atom. The quantitative estimate of drug-likeness (QED) is 0.796. The van der Waals surface area contributed by atoms with Crippen molar-refractivity contribution in [3.05, 3.63) is 29.3 Å². The van der Waals surface area contributed by atoms with E-state index in [1.807, 2.05) is 0 Å². The number of hydrogen-bond donors (Lipinski definition) is 1. The summed E-state index contributed by atoms with van der Waals surface area (Å²) in [6.07, 6.45) is 2.12. The lowest BCUT2D eigenvalue weighted by Crippen LogP contribution is -2.06. The SMILES string of the molecule is CCNc1cc2c(cc1C)C(C)=CCO2. The van der Waals surface area contributed by atoms with Gasteiger partial charge >= 0.3 is 0 Å². The highest BCUT2D eigenvalue weighted by Crippen LogP contribution is 2.34. The highest BCUT2D eigenvalue weighted by atomic mass is 16.5. The number of ether oxygens (including phenoxy) is 1. The molecule has 0 saturated carbocycles. The first-order valence-corrected chi connectivity index (χ1v) is 5.41. The molecule has 0 unspecified atom stereocenters. The van der Waals surface area contributed by atoms with Gasteiger partial charge in [-0.15, -0.1) is 0 Å². The summed E-state index contributed by atoms with van der Waals surface area (Å²) in [5, 5.41) is 3.34. The van der Waals surface area contributed by atoms with E-state index in [1.165, 1.54) is 22.4 Å². The minimum absolute atomic E-state index is 0.688. The molecule has 0 aromatic heterocycles. The maximum Gasteiger partial charge on any atom is 0.129 e. The zero-order valence-electron chi connectivity index (χ0n) is 9.55. The van der Waals surface area contributed by atoms with Crippen LogP contribution in [-0.4, -0.2) is 13.2 Å². The van der Waals surface area contributed by atoms with Gasteiger partial charge in [0, 0.05) is 23.9 Å². The van der Waals surface area contributed by atoms with Crippen LogP contribution in [0, 0.1) is 6.92 Å². The lowest BCUT2D eigenvalue weighted by atomic mass is 10.0. The lowest BCUT2D eigenvalue weighted by Gasteiger charge is -2.19. The summed E-state index contributed by atoms with van der Waals surface area (Å²) in [6, 6.07) is 4.29. The Kier molecular flexibility index (Phi) is 2.67. The van der Waals surface area contributed by atoms with Crippen LogP contribution in [0.25, 0.3) is 5.57 Å². The fourth-order valence-electron chi connectivity index (χ4n) is 1.86. The van der Waals surface area contributed by atoms with Gasteiger partial charge in [-0.2, -0.15) is 0 Å². The molecule has 1 aliphatic rings. The van der Waals surface area contributed by atoms with Crippen LogP contribution in [-0.2, 0) is 0 Å². The monoisotopic (exact) mass is 203 g/mol. The van der Waals surface area contributed by atoms with Crippen LogP contribution < -0.4 is 10.1 Å². The van der Waals surface area contributed by atoms with Crippen molar-refractivity contribution in [1.29, 1.82) is 0 Å². The Balaban J connectivity index is 2.46. The predicted octanol–water partition coefficient (Wildman–Crippen LogP) is 3.22. The average Bonchev–Trinajstić information content (AvgIpc) is 2.21. The molecule has 80 valence electrons. The number of aryl methyl sites for hydroxylation is 1. The first-order chi connectivity index (χ1) is 7.22. The third-order valence-electron chi connectivity index (χ3n) is 2.75. The van der Waals surface area contributed by atoms with Crippen molar-refractivity contribution in [3.63, 3.8) is 0 Å². The molecule has 0 atom stereocenters. The number of hydrogen-bond acceptors (Lipinski definition) is 2. The first kappa shape index (κ1) is 10.1. The number of allylic oxidation sites excluding steroid dienone is 1. The van der Waals surface area contributed by atoms with Crippen molar-refractivity contribution in [2.45, 2.75) is 20.8 Å². The number of fused-ring (bicyclic) bond motifs is 1. The Morgan fingerprint density at radius 3 is 2.87 bits per heavy atom. The standard InChI is InChI=1S/C13H17NO/c1-4-14-12-8-13-11(7-10(12)3)9(2)5-6-15-13/h5,7-8,14H,4,6H2,1-3H3. The average molecular weight is 203 g/mol. The smallest absolute Gasteiger partial charge is 0.129 e. The number of anilines is 1. The maximum atomic E-state index is 5.62. The Hall–Kier alpha value is -1.44. The van der Waals surface area contributed by atoms with E-state index in [-0.39, 0.29) is 0 Å². The molecule has 2 nitrogen and oxygen atoms in total. The second kappa shape index (κ2) is 3.97. The molecule has 15 heavy (non-hydrogen) atoms. The molecule has 2 heteroatoms. The number of rotatable bonds is 2. The number of benzene rings is 1. The molecular weight excluding hydrogens is 186 g/mol. The highest BCUT2D eigenvalue weighted by molar-refractivity contribution is 5.74. The topological polar surface area (TPSA) is 21.3 Å². The van der Waals surface area contributed by atoms with Gasteiger partial charge in [-0.3, -0.25) is 0 Å².